The van der Waals surface area contributed by atoms with E-state index in [2.05, 4.69) is 17.0 Å². The van der Waals surface area contributed by atoms with Gasteiger partial charge in [0, 0.05) is 45.2 Å². The highest BCUT2D eigenvalue weighted by Crippen LogP contribution is 2.25. The molecule has 0 unspecified atom stereocenters. The van der Waals surface area contributed by atoms with E-state index >= 15 is 0 Å². The fourth-order valence-electron chi connectivity index (χ4n) is 4.20. The van der Waals surface area contributed by atoms with Crippen LogP contribution >= 0.6 is 11.3 Å². The molecular weight excluding hydrogens is 412 g/mol. The van der Waals surface area contributed by atoms with E-state index in [0.29, 0.717) is 25.9 Å². The van der Waals surface area contributed by atoms with Gasteiger partial charge in [-0.2, -0.15) is 0 Å². The van der Waals surface area contributed by atoms with Crippen LogP contribution in [-0.4, -0.2) is 76.6 Å². The van der Waals surface area contributed by atoms with Gasteiger partial charge in [0.25, 0.3) is 0 Å². The van der Waals surface area contributed by atoms with E-state index in [9.17, 15) is 9.59 Å². The molecule has 2 aromatic rings. The van der Waals surface area contributed by atoms with Gasteiger partial charge in [-0.3, -0.25) is 9.69 Å². The smallest absolute Gasteiger partial charge is 0.410 e. The first-order valence-electron chi connectivity index (χ1n) is 11.1. The van der Waals surface area contributed by atoms with Crippen molar-refractivity contribution in [2.24, 2.45) is 5.92 Å². The molecule has 0 spiro atoms. The summed E-state index contributed by atoms with van der Waals surface area (Å²) in [6.07, 6.45) is 1.15. The van der Waals surface area contributed by atoms with Crippen molar-refractivity contribution in [3.8, 4) is 0 Å². The van der Waals surface area contributed by atoms with Crippen LogP contribution in [0.3, 0.4) is 0 Å². The summed E-state index contributed by atoms with van der Waals surface area (Å²) in [6.45, 7) is 10.9. The van der Waals surface area contributed by atoms with Crippen LogP contribution in [0, 0.1) is 5.92 Å². The van der Waals surface area contributed by atoms with Crippen molar-refractivity contribution in [1.29, 1.82) is 0 Å². The van der Waals surface area contributed by atoms with Crippen molar-refractivity contribution in [2.45, 2.75) is 45.8 Å². The van der Waals surface area contributed by atoms with Gasteiger partial charge in [-0.25, -0.2) is 9.78 Å². The topological polar surface area (TPSA) is 66.0 Å². The van der Waals surface area contributed by atoms with E-state index in [1.54, 1.807) is 16.2 Å². The van der Waals surface area contributed by atoms with Crippen LogP contribution < -0.4 is 0 Å². The average Bonchev–Trinajstić information content (AvgIpc) is 3.15. The van der Waals surface area contributed by atoms with Crippen molar-refractivity contribution in [1.82, 2.24) is 19.7 Å². The molecule has 0 bridgehead atoms. The molecule has 1 aromatic carbocycles. The third-order valence-electron chi connectivity index (χ3n) is 5.88. The predicted molar refractivity (Wildman–Crippen MR) is 122 cm³/mol. The van der Waals surface area contributed by atoms with Crippen LogP contribution in [0.25, 0.3) is 10.2 Å². The average molecular weight is 445 g/mol. The maximum atomic E-state index is 13.0. The Morgan fingerprint density at radius 1 is 1.03 bits per heavy atom. The molecule has 2 aliphatic heterocycles. The van der Waals surface area contributed by atoms with E-state index in [1.165, 1.54) is 4.70 Å². The number of rotatable bonds is 3. The molecule has 168 valence electrons. The SMILES string of the molecule is CC(C)(C)OC(=O)N1CCC(C(=O)N2CCN(Cc3nc4ccccc4s3)CC2)CC1. The van der Waals surface area contributed by atoms with Gasteiger partial charge >= 0.3 is 6.09 Å². The Kier molecular flexibility index (Phi) is 6.48. The number of hydrogen-bond acceptors (Lipinski definition) is 6. The molecule has 2 saturated heterocycles. The van der Waals surface area contributed by atoms with Crippen LogP contribution in [0.2, 0.25) is 0 Å². The Hall–Kier alpha value is -2.19. The lowest BCUT2D eigenvalue weighted by Gasteiger charge is -2.38. The highest BCUT2D eigenvalue weighted by Gasteiger charge is 2.33. The maximum absolute atomic E-state index is 13.0. The Morgan fingerprint density at radius 3 is 2.35 bits per heavy atom. The molecule has 31 heavy (non-hydrogen) atoms. The van der Waals surface area contributed by atoms with Gasteiger partial charge in [0.15, 0.2) is 0 Å². The lowest BCUT2D eigenvalue weighted by atomic mass is 9.95. The number of carbonyl (C=O) groups is 2. The summed E-state index contributed by atoms with van der Waals surface area (Å²) in [7, 11) is 0. The molecule has 2 fully saturated rings. The second-order valence-electron chi connectivity index (χ2n) is 9.42. The number of thiazole rings is 1. The van der Waals surface area contributed by atoms with E-state index in [4.69, 9.17) is 9.72 Å². The van der Waals surface area contributed by atoms with Gasteiger partial charge < -0.3 is 14.5 Å². The second kappa shape index (κ2) is 9.12. The highest BCUT2D eigenvalue weighted by atomic mass is 32.1. The first kappa shape index (κ1) is 22.0. The number of piperazine rings is 1. The molecule has 0 atom stereocenters. The minimum atomic E-state index is -0.491. The largest absolute Gasteiger partial charge is 0.444 e. The number of carbonyl (C=O) groups excluding carboxylic acids is 2. The summed E-state index contributed by atoms with van der Waals surface area (Å²) >= 11 is 1.75. The standard InChI is InChI=1S/C23H32N4O3S/c1-23(2,3)30-22(29)27-10-8-17(9-11-27)21(28)26-14-12-25(13-15-26)16-20-24-18-6-4-5-7-19(18)31-20/h4-7,17H,8-16H2,1-3H3. The summed E-state index contributed by atoms with van der Waals surface area (Å²) in [4.78, 5) is 36.1. The first-order valence-corrected chi connectivity index (χ1v) is 11.9. The molecule has 0 radical (unpaired) electrons. The Bertz CT molecular complexity index is 889. The maximum Gasteiger partial charge on any atom is 0.410 e. The number of ether oxygens (including phenoxy) is 1. The van der Waals surface area contributed by atoms with Gasteiger partial charge in [-0.15, -0.1) is 11.3 Å². The minimum absolute atomic E-state index is 0.00879. The summed E-state index contributed by atoms with van der Waals surface area (Å²) < 4.78 is 6.68. The van der Waals surface area contributed by atoms with E-state index in [-0.39, 0.29) is 17.9 Å². The highest BCUT2D eigenvalue weighted by molar-refractivity contribution is 7.18. The van der Waals surface area contributed by atoms with E-state index < -0.39 is 5.60 Å². The van der Waals surface area contributed by atoms with Gasteiger partial charge in [0.1, 0.15) is 10.6 Å². The first-order chi connectivity index (χ1) is 14.8. The molecule has 8 heteroatoms. The quantitative estimate of drug-likeness (QED) is 0.724. The zero-order valence-corrected chi connectivity index (χ0v) is 19.5. The van der Waals surface area contributed by atoms with Crippen molar-refractivity contribution in [2.75, 3.05) is 39.3 Å². The van der Waals surface area contributed by atoms with Crippen LogP contribution in [0.1, 0.15) is 38.6 Å². The monoisotopic (exact) mass is 444 g/mol. The molecule has 0 aliphatic carbocycles. The van der Waals surface area contributed by atoms with Gasteiger partial charge in [0.05, 0.1) is 16.8 Å². The molecule has 0 saturated carbocycles. The minimum Gasteiger partial charge on any atom is -0.444 e. The van der Waals surface area contributed by atoms with Gasteiger partial charge in [-0.1, -0.05) is 12.1 Å². The lowest BCUT2D eigenvalue weighted by Crippen LogP contribution is -2.51. The Morgan fingerprint density at radius 2 is 1.71 bits per heavy atom. The molecule has 4 rings (SSSR count). The van der Waals surface area contributed by atoms with E-state index in [1.807, 2.05) is 37.8 Å². The Balaban J connectivity index is 1.23. The normalized spacial score (nSPS) is 19.1. The number of piperidine rings is 1. The van der Waals surface area contributed by atoms with Crippen LogP contribution in [-0.2, 0) is 16.1 Å². The summed E-state index contributed by atoms with van der Waals surface area (Å²) in [5.74, 6) is 0.248. The molecule has 0 N–H and O–H groups in total. The van der Waals surface area contributed by atoms with Gasteiger partial charge in [0.2, 0.25) is 5.91 Å². The van der Waals surface area contributed by atoms with Gasteiger partial charge in [-0.05, 0) is 45.7 Å². The zero-order valence-electron chi connectivity index (χ0n) is 18.7. The zero-order chi connectivity index (χ0) is 22.0. The number of likely N-dealkylation sites (tertiary alicyclic amines) is 1. The lowest BCUT2D eigenvalue weighted by molar-refractivity contribution is -0.139. The second-order valence-corrected chi connectivity index (χ2v) is 10.5. The molecule has 1 aromatic heterocycles. The van der Waals surface area contributed by atoms with Crippen molar-refractivity contribution >= 4 is 33.6 Å². The number of fused-ring (bicyclic) bond motifs is 1. The number of benzene rings is 1. The number of para-hydroxylation sites is 1. The molecule has 2 amide bonds. The van der Waals surface area contributed by atoms with Crippen molar-refractivity contribution < 1.29 is 14.3 Å². The molecule has 2 aliphatic rings. The fraction of sp³-hybridized carbons (Fsp3) is 0.609. The van der Waals surface area contributed by atoms with Crippen LogP contribution in [0.4, 0.5) is 4.79 Å². The molecular formula is C23H32N4O3S. The molecule has 7 nitrogen and oxygen atoms in total. The van der Waals surface area contributed by atoms with E-state index in [0.717, 1.165) is 43.2 Å². The number of hydrogen-bond donors (Lipinski definition) is 0. The summed E-state index contributed by atoms with van der Waals surface area (Å²) in [6, 6.07) is 8.24. The van der Waals surface area contributed by atoms with Crippen LogP contribution in [0.5, 0.6) is 0 Å². The fourth-order valence-corrected chi connectivity index (χ4v) is 5.21. The Labute approximate surface area is 188 Å². The third kappa shape index (κ3) is 5.54. The number of aromatic nitrogens is 1. The number of amides is 2. The predicted octanol–water partition coefficient (Wildman–Crippen LogP) is 3.59. The number of nitrogens with zero attached hydrogens (tertiary/aromatic N) is 4. The van der Waals surface area contributed by atoms with Crippen LogP contribution in [0.15, 0.2) is 24.3 Å². The summed E-state index contributed by atoms with van der Waals surface area (Å²) in [5, 5.41) is 1.13. The van der Waals surface area contributed by atoms with Crippen molar-refractivity contribution in [3.63, 3.8) is 0 Å². The third-order valence-corrected chi connectivity index (χ3v) is 6.90. The summed E-state index contributed by atoms with van der Waals surface area (Å²) in [5.41, 5.74) is 0.573. The molecule has 3 heterocycles. The van der Waals surface area contributed by atoms with Crippen molar-refractivity contribution in [3.05, 3.63) is 29.3 Å².